The summed E-state index contributed by atoms with van der Waals surface area (Å²) in [5, 5.41) is 16.1. The van der Waals surface area contributed by atoms with E-state index in [0.29, 0.717) is 50.3 Å². The SMILES string of the molecule is CC(C)C[C@H](O)C(=O)NC1(C(=O)N[C@H]2CCCCN(Cc3cccc(Oc4ccc(F)cc4)c3)C2=O)CCCC1. The molecule has 1 aliphatic carbocycles. The van der Waals surface area contributed by atoms with E-state index in [1.807, 2.05) is 32.0 Å². The van der Waals surface area contributed by atoms with Crippen molar-refractivity contribution in [3.63, 3.8) is 0 Å². The van der Waals surface area contributed by atoms with E-state index in [0.717, 1.165) is 31.2 Å². The van der Waals surface area contributed by atoms with Crippen molar-refractivity contribution in [1.82, 2.24) is 15.5 Å². The summed E-state index contributed by atoms with van der Waals surface area (Å²) in [6, 6.07) is 12.5. The highest BCUT2D eigenvalue weighted by Gasteiger charge is 2.45. The highest BCUT2D eigenvalue weighted by Crippen LogP contribution is 2.31. The number of nitrogens with one attached hydrogen (secondary N) is 2. The number of rotatable bonds is 10. The molecule has 4 rings (SSSR count). The lowest BCUT2D eigenvalue weighted by Gasteiger charge is -2.33. The molecule has 1 aliphatic heterocycles. The average molecular weight is 554 g/mol. The van der Waals surface area contributed by atoms with Gasteiger partial charge in [0, 0.05) is 13.1 Å². The fourth-order valence-corrected chi connectivity index (χ4v) is 5.52. The van der Waals surface area contributed by atoms with Crippen molar-refractivity contribution in [1.29, 1.82) is 0 Å². The van der Waals surface area contributed by atoms with Crippen molar-refractivity contribution < 1.29 is 28.6 Å². The Bertz CT molecular complexity index is 1180. The molecule has 1 saturated heterocycles. The van der Waals surface area contributed by atoms with Gasteiger partial charge in [-0.3, -0.25) is 14.4 Å². The molecule has 3 N–H and O–H groups in total. The minimum Gasteiger partial charge on any atom is -0.457 e. The molecule has 0 unspecified atom stereocenters. The van der Waals surface area contributed by atoms with Crippen LogP contribution in [0.15, 0.2) is 48.5 Å². The monoisotopic (exact) mass is 553 g/mol. The molecule has 2 aromatic carbocycles. The lowest BCUT2D eigenvalue weighted by Crippen LogP contribution is -2.62. The Labute approximate surface area is 235 Å². The van der Waals surface area contributed by atoms with Crippen LogP contribution in [-0.4, -0.2) is 52.0 Å². The second kappa shape index (κ2) is 13.3. The predicted octanol–water partition coefficient (Wildman–Crippen LogP) is 4.45. The molecule has 2 aromatic rings. The number of amides is 3. The minimum absolute atomic E-state index is 0.138. The molecule has 2 aliphatic rings. The number of benzene rings is 2. The molecular formula is C31H40FN3O5. The summed E-state index contributed by atoms with van der Waals surface area (Å²) >= 11 is 0. The summed E-state index contributed by atoms with van der Waals surface area (Å²) in [5.74, 6) is -0.166. The van der Waals surface area contributed by atoms with Crippen LogP contribution in [0.3, 0.4) is 0 Å². The predicted molar refractivity (Wildman–Crippen MR) is 149 cm³/mol. The third kappa shape index (κ3) is 7.59. The maximum atomic E-state index is 13.6. The fraction of sp³-hybridized carbons (Fsp3) is 0.516. The highest BCUT2D eigenvalue weighted by molar-refractivity contribution is 5.96. The number of nitrogens with zero attached hydrogens (tertiary/aromatic N) is 1. The highest BCUT2D eigenvalue weighted by atomic mass is 19.1. The van der Waals surface area contributed by atoms with E-state index >= 15 is 0 Å². The van der Waals surface area contributed by atoms with Gasteiger partial charge in [-0.15, -0.1) is 0 Å². The van der Waals surface area contributed by atoms with Crippen molar-refractivity contribution in [2.45, 2.75) is 89.4 Å². The molecule has 8 nitrogen and oxygen atoms in total. The van der Waals surface area contributed by atoms with E-state index in [4.69, 9.17) is 4.74 Å². The van der Waals surface area contributed by atoms with E-state index < -0.39 is 23.6 Å². The van der Waals surface area contributed by atoms with Crippen LogP contribution >= 0.6 is 0 Å². The first-order valence-corrected chi connectivity index (χ1v) is 14.3. The van der Waals surface area contributed by atoms with Gasteiger partial charge < -0.3 is 25.4 Å². The first-order chi connectivity index (χ1) is 19.1. The number of aliphatic hydroxyl groups excluding tert-OH is 1. The van der Waals surface area contributed by atoms with Crippen LogP contribution in [0, 0.1) is 11.7 Å². The first kappa shape index (κ1) is 29.5. The Morgan fingerprint density at radius 2 is 1.80 bits per heavy atom. The largest absolute Gasteiger partial charge is 0.457 e. The molecular weight excluding hydrogens is 513 g/mol. The van der Waals surface area contributed by atoms with Gasteiger partial charge in [0.25, 0.3) is 0 Å². The van der Waals surface area contributed by atoms with Crippen LogP contribution in [0.5, 0.6) is 11.5 Å². The molecule has 0 radical (unpaired) electrons. The Hall–Kier alpha value is -3.46. The third-order valence-electron chi connectivity index (χ3n) is 7.66. The molecule has 1 heterocycles. The fourth-order valence-electron chi connectivity index (χ4n) is 5.52. The minimum atomic E-state index is -1.18. The van der Waals surface area contributed by atoms with Crippen LogP contribution in [0.4, 0.5) is 4.39 Å². The van der Waals surface area contributed by atoms with Crippen molar-refractivity contribution in [3.05, 3.63) is 59.9 Å². The molecule has 2 fully saturated rings. The zero-order chi connectivity index (χ0) is 28.7. The van der Waals surface area contributed by atoms with Gasteiger partial charge >= 0.3 is 0 Å². The summed E-state index contributed by atoms with van der Waals surface area (Å²) in [7, 11) is 0. The molecule has 9 heteroatoms. The van der Waals surface area contributed by atoms with Gasteiger partial charge in [-0.2, -0.15) is 0 Å². The summed E-state index contributed by atoms with van der Waals surface area (Å²) in [5.41, 5.74) is -0.239. The van der Waals surface area contributed by atoms with Crippen LogP contribution in [0.1, 0.15) is 70.8 Å². The first-order valence-electron chi connectivity index (χ1n) is 14.3. The van der Waals surface area contributed by atoms with Gasteiger partial charge in [0.05, 0.1) is 0 Å². The summed E-state index contributed by atoms with van der Waals surface area (Å²) in [4.78, 5) is 41.6. The quantitative estimate of drug-likeness (QED) is 0.403. The smallest absolute Gasteiger partial charge is 0.249 e. The topological polar surface area (TPSA) is 108 Å². The normalized spacial score (nSPS) is 19.7. The molecule has 0 spiro atoms. The zero-order valence-electron chi connectivity index (χ0n) is 23.3. The maximum absolute atomic E-state index is 13.6. The lowest BCUT2D eigenvalue weighted by molar-refractivity contribution is -0.141. The summed E-state index contributed by atoms with van der Waals surface area (Å²) < 4.78 is 19.1. The molecule has 1 saturated carbocycles. The number of carbonyl (C=O) groups is 3. The second-order valence-electron chi connectivity index (χ2n) is 11.4. The number of likely N-dealkylation sites (tertiary alicyclic amines) is 1. The Balaban J connectivity index is 1.41. The van der Waals surface area contributed by atoms with E-state index in [-0.39, 0.29) is 23.5 Å². The summed E-state index contributed by atoms with van der Waals surface area (Å²) in [6.07, 6.45) is 3.78. The van der Waals surface area contributed by atoms with Gasteiger partial charge in [-0.25, -0.2) is 4.39 Å². The van der Waals surface area contributed by atoms with Crippen molar-refractivity contribution in [3.8, 4) is 11.5 Å². The Kier molecular flexibility index (Phi) is 9.79. The molecule has 0 bridgehead atoms. The number of hydrogen-bond donors (Lipinski definition) is 3. The van der Waals surface area contributed by atoms with E-state index in [1.165, 1.54) is 12.1 Å². The van der Waals surface area contributed by atoms with Crippen molar-refractivity contribution in [2.75, 3.05) is 6.54 Å². The maximum Gasteiger partial charge on any atom is 0.249 e. The van der Waals surface area contributed by atoms with Gasteiger partial charge in [-0.05, 0) is 86.4 Å². The van der Waals surface area contributed by atoms with Crippen molar-refractivity contribution in [2.24, 2.45) is 5.92 Å². The van der Waals surface area contributed by atoms with E-state index in [2.05, 4.69) is 10.6 Å². The third-order valence-corrected chi connectivity index (χ3v) is 7.66. The van der Waals surface area contributed by atoms with Gasteiger partial charge in [0.1, 0.15) is 35.0 Å². The zero-order valence-corrected chi connectivity index (χ0v) is 23.3. The Morgan fingerprint density at radius 1 is 1.07 bits per heavy atom. The van der Waals surface area contributed by atoms with Gasteiger partial charge in [0.15, 0.2) is 0 Å². The standard InChI is InChI=1S/C31H40FN3O5/c1-21(2)18-27(36)28(37)34-31(15-4-5-16-31)30(39)33-26-10-3-6-17-35(29(26)38)20-22-8-7-9-25(19-22)40-24-13-11-23(32)12-14-24/h7-9,11-14,19,21,26-27,36H,3-6,10,15-18,20H2,1-2H3,(H,33,39)(H,34,37)/t26-,27-/m0/s1. The molecule has 0 aromatic heterocycles. The number of ether oxygens (including phenoxy) is 1. The van der Waals surface area contributed by atoms with Crippen LogP contribution < -0.4 is 15.4 Å². The van der Waals surface area contributed by atoms with Gasteiger partial charge in [-0.1, -0.05) is 38.8 Å². The molecule has 2 atom stereocenters. The molecule has 3 amide bonds. The van der Waals surface area contributed by atoms with Crippen molar-refractivity contribution >= 4 is 17.7 Å². The number of carbonyl (C=O) groups excluding carboxylic acids is 3. The summed E-state index contributed by atoms with van der Waals surface area (Å²) in [6.45, 7) is 4.77. The number of halogens is 1. The Morgan fingerprint density at radius 3 is 2.50 bits per heavy atom. The second-order valence-corrected chi connectivity index (χ2v) is 11.4. The van der Waals surface area contributed by atoms with E-state index in [9.17, 15) is 23.9 Å². The number of hydrogen-bond acceptors (Lipinski definition) is 5. The van der Waals surface area contributed by atoms with Crippen LogP contribution in [0.25, 0.3) is 0 Å². The van der Waals surface area contributed by atoms with Crippen LogP contribution in [0.2, 0.25) is 0 Å². The van der Waals surface area contributed by atoms with Gasteiger partial charge in [0.2, 0.25) is 17.7 Å². The van der Waals surface area contributed by atoms with E-state index in [1.54, 1.807) is 23.1 Å². The molecule has 216 valence electrons. The lowest BCUT2D eigenvalue weighted by atomic mass is 9.94. The van der Waals surface area contributed by atoms with Crippen LogP contribution in [-0.2, 0) is 20.9 Å². The molecule has 40 heavy (non-hydrogen) atoms. The average Bonchev–Trinajstić information content (AvgIpc) is 3.33. The number of aliphatic hydroxyl groups is 1.